The lowest BCUT2D eigenvalue weighted by Crippen LogP contribution is -2.30. The maximum Gasteiger partial charge on any atom is 0.338 e. The lowest BCUT2D eigenvalue weighted by molar-refractivity contribution is -0.387. The van der Waals surface area contributed by atoms with Gasteiger partial charge in [-0.1, -0.05) is 0 Å². The predicted molar refractivity (Wildman–Crippen MR) is 96.0 cm³/mol. The van der Waals surface area contributed by atoms with Crippen LogP contribution in [0.15, 0.2) is 39.9 Å². The van der Waals surface area contributed by atoms with Gasteiger partial charge in [0.1, 0.15) is 0 Å². The van der Waals surface area contributed by atoms with Crippen LogP contribution in [0.4, 0.5) is 5.69 Å². The molecular weight excluding hydrogens is 364 g/mol. The number of thioether (sulfide) groups is 1. The number of carbonyl (C=O) groups is 2. The Morgan fingerprint density at radius 2 is 2.12 bits per heavy atom. The number of carbonyl (C=O) groups excluding carboxylic acids is 2. The zero-order valence-corrected chi connectivity index (χ0v) is 15.3. The number of hydrogen-bond acceptors (Lipinski definition) is 7. The SMILES string of the molecule is CSc1ccc(C(=O)OCC(=O)N(C)Cc2ccsc2)cc1[N+](=O)[O-]. The van der Waals surface area contributed by atoms with Gasteiger partial charge < -0.3 is 9.64 Å². The van der Waals surface area contributed by atoms with Crippen LogP contribution in [0.5, 0.6) is 0 Å². The van der Waals surface area contributed by atoms with Crippen molar-refractivity contribution in [3.63, 3.8) is 0 Å². The van der Waals surface area contributed by atoms with E-state index in [0.29, 0.717) is 11.4 Å². The van der Waals surface area contributed by atoms with E-state index in [1.165, 1.54) is 40.1 Å². The monoisotopic (exact) mass is 380 g/mol. The molecule has 0 saturated heterocycles. The van der Waals surface area contributed by atoms with Crippen LogP contribution < -0.4 is 0 Å². The number of rotatable bonds is 7. The molecule has 0 radical (unpaired) electrons. The standard InChI is InChI=1S/C16H16N2O5S2/c1-17(8-11-5-6-25-10-11)15(19)9-23-16(20)12-3-4-14(24-2)13(7-12)18(21)22/h3-7,10H,8-9H2,1-2H3. The quantitative estimate of drug-likeness (QED) is 0.317. The fourth-order valence-electron chi connectivity index (χ4n) is 2.03. The molecule has 25 heavy (non-hydrogen) atoms. The summed E-state index contributed by atoms with van der Waals surface area (Å²) in [5.41, 5.74) is 0.871. The molecule has 132 valence electrons. The summed E-state index contributed by atoms with van der Waals surface area (Å²) in [5, 5.41) is 14.9. The largest absolute Gasteiger partial charge is 0.452 e. The summed E-state index contributed by atoms with van der Waals surface area (Å²) in [5.74, 6) is -1.12. The van der Waals surface area contributed by atoms with Crippen LogP contribution >= 0.6 is 23.1 Å². The molecule has 9 heteroatoms. The number of nitro benzene ring substituents is 1. The first-order valence-electron chi connectivity index (χ1n) is 7.17. The highest BCUT2D eigenvalue weighted by Crippen LogP contribution is 2.28. The van der Waals surface area contributed by atoms with E-state index < -0.39 is 17.5 Å². The van der Waals surface area contributed by atoms with Crippen molar-refractivity contribution in [2.24, 2.45) is 0 Å². The van der Waals surface area contributed by atoms with Gasteiger partial charge in [-0.25, -0.2) is 4.79 Å². The lowest BCUT2D eigenvalue weighted by Gasteiger charge is -2.16. The number of nitro groups is 1. The molecule has 0 bridgehead atoms. The van der Waals surface area contributed by atoms with E-state index in [1.807, 2.05) is 16.8 Å². The molecule has 0 saturated carbocycles. The minimum atomic E-state index is -0.770. The van der Waals surface area contributed by atoms with Crippen molar-refractivity contribution in [3.05, 3.63) is 56.3 Å². The number of nitrogens with zero attached hydrogens (tertiary/aromatic N) is 2. The molecule has 0 N–H and O–H groups in total. The normalized spacial score (nSPS) is 10.3. The summed E-state index contributed by atoms with van der Waals surface area (Å²) in [4.78, 5) is 36.5. The van der Waals surface area contributed by atoms with Crippen molar-refractivity contribution in [2.45, 2.75) is 11.4 Å². The van der Waals surface area contributed by atoms with Gasteiger partial charge in [0.05, 0.1) is 15.4 Å². The fourth-order valence-corrected chi connectivity index (χ4v) is 3.23. The zero-order valence-electron chi connectivity index (χ0n) is 13.6. The van der Waals surface area contributed by atoms with Gasteiger partial charge in [-0.05, 0) is 40.8 Å². The van der Waals surface area contributed by atoms with Gasteiger partial charge >= 0.3 is 5.97 Å². The molecule has 1 aromatic carbocycles. The van der Waals surface area contributed by atoms with Crippen molar-refractivity contribution in [1.29, 1.82) is 0 Å². The highest BCUT2D eigenvalue weighted by Gasteiger charge is 2.19. The Balaban J connectivity index is 1.96. The van der Waals surface area contributed by atoms with Crippen molar-refractivity contribution < 1.29 is 19.2 Å². The Morgan fingerprint density at radius 1 is 1.36 bits per heavy atom. The lowest BCUT2D eigenvalue weighted by atomic mass is 10.2. The first kappa shape index (κ1) is 18.9. The second-order valence-electron chi connectivity index (χ2n) is 5.10. The Morgan fingerprint density at radius 3 is 2.72 bits per heavy atom. The number of ether oxygens (including phenoxy) is 1. The molecule has 1 aromatic heterocycles. The van der Waals surface area contributed by atoms with E-state index >= 15 is 0 Å². The van der Waals surface area contributed by atoms with Gasteiger partial charge in [-0.3, -0.25) is 14.9 Å². The summed E-state index contributed by atoms with van der Waals surface area (Å²) < 4.78 is 4.98. The zero-order chi connectivity index (χ0) is 18.4. The topological polar surface area (TPSA) is 89.8 Å². The molecule has 2 rings (SSSR count). The van der Waals surface area contributed by atoms with E-state index in [2.05, 4.69) is 0 Å². The number of esters is 1. The average Bonchev–Trinajstić information content (AvgIpc) is 3.11. The number of amides is 1. The molecule has 0 spiro atoms. The van der Waals surface area contributed by atoms with Gasteiger partial charge in [0.25, 0.3) is 11.6 Å². The van der Waals surface area contributed by atoms with Gasteiger partial charge in [0.2, 0.25) is 0 Å². The minimum Gasteiger partial charge on any atom is -0.452 e. The predicted octanol–water partition coefficient (Wildman–Crippen LogP) is 3.19. The Labute approximate surface area is 152 Å². The summed E-state index contributed by atoms with van der Waals surface area (Å²) in [6.45, 7) is 0.00528. The molecular formula is C16H16N2O5S2. The van der Waals surface area contributed by atoms with Crippen LogP contribution in [-0.4, -0.2) is 41.6 Å². The third-order valence-electron chi connectivity index (χ3n) is 3.36. The Hall–Kier alpha value is -2.39. The van der Waals surface area contributed by atoms with E-state index in [-0.39, 0.29) is 17.2 Å². The molecule has 1 heterocycles. The molecule has 0 aliphatic carbocycles. The third kappa shape index (κ3) is 5.04. The minimum absolute atomic E-state index is 0.0396. The second-order valence-corrected chi connectivity index (χ2v) is 6.73. The van der Waals surface area contributed by atoms with Gasteiger partial charge in [0, 0.05) is 19.7 Å². The molecule has 0 unspecified atom stereocenters. The van der Waals surface area contributed by atoms with Crippen molar-refractivity contribution in [3.8, 4) is 0 Å². The third-order valence-corrected chi connectivity index (χ3v) is 4.88. The molecule has 0 atom stereocenters. The van der Waals surface area contributed by atoms with Gasteiger partial charge in [-0.2, -0.15) is 11.3 Å². The molecule has 1 amide bonds. The first-order valence-corrected chi connectivity index (χ1v) is 9.33. The second kappa shape index (κ2) is 8.63. The van der Waals surface area contributed by atoms with E-state index in [1.54, 1.807) is 13.3 Å². The average molecular weight is 380 g/mol. The van der Waals surface area contributed by atoms with Crippen LogP contribution in [0.25, 0.3) is 0 Å². The maximum atomic E-state index is 12.0. The molecule has 0 fully saturated rings. The van der Waals surface area contributed by atoms with E-state index in [0.717, 1.165) is 11.6 Å². The summed E-state index contributed by atoms with van der Waals surface area (Å²) in [6, 6.07) is 6.01. The number of benzene rings is 1. The first-order chi connectivity index (χ1) is 11.9. The van der Waals surface area contributed by atoms with Crippen LogP contribution in [0.3, 0.4) is 0 Å². The highest BCUT2D eigenvalue weighted by molar-refractivity contribution is 7.98. The van der Waals surface area contributed by atoms with Crippen molar-refractivity contribution >= 4 is 40.7 Å². The van der Waals surface area contributed by atoms with Crippen molar-refractivity contribution in [2.75, 3.05) is 19.9 Å². The fraction of sp³-hybridized carbons (Fsp3) is 0.250. The van der Waals surface area contributed by atoms with Crippen LogP contribution in [0, 0.1) is 10.1 Å². The number of thiophene rings is 1. The van der Waals surface area contributed by atoms with E-state index in [4.69, 9.17) is 4.74 Å². The Bertz CT molecular complexity index is 777. The number of hydrogen-bond donors (Lipinski definition) is 0. The summed E-state index contributed by atoms with van der Waals surface area (Å²) in [6.07, 6.45) is 1.71. The van der Waals surface area contributed by atoms with Crippen LogP contribution in [0.2, 0.25) is 0 Å². The highest BCUT2D eigenvalue weighted by atomic mass is 32.2. The van der Waals surface area contributed by atoms with Gasteiger partial charge in [-0.15, -0.1) is 11.8 Å². The molecule has 0 aliphatic heterocycles. The molecule has 2 aromatic rings. The maximum absolute atomic E-state index is 12.0. The summed E-state index contributed by atoms with van der Waals surface area (Å²) in [7, 11) is 1.62. The van der Waals surface area contributed by atoms with E-state index in [9.17, 15) is 19.7 Å². The molecule has 0 aliphatic rings. The van der Waals surface area contributed by atoms with Gasteiger partial charge in [0.15, 0.2) is 6.61 Å². The Kier molecular flexibility index (Phi) is 6.54. The smallest absolute Gasteiger partial charge is 0.338 e. The van der Waals surface area contributed by atoms with Crippen LogP contribution in [-0.2, 0) is 16.1 Å². The number of likely N-dealkylation sites (N-methyl/N-ethyl adjacent to an activating group) is 1. The van der Waals surface area contributed by atoms with Crippen LogP contribution in [0.1, 0.15) is 15.9 Å². The van der Waals surface area contributed by atoms with Crippen molar-refractivity contribution in [1.82, 2.24) is 4.90 Å². The molecule has 7 nitrogen and oxygen atoms in total. The summed E-state index contributed by atoms with van der Waals surface area (Å²) >= 11 is 2.75.